The van der Waals surface area contributed by atoms with E-state index in [0.717, 1.165) is 88.8 Å². The molecule has 0 bridgehead atoms. The van der Waals surface area contributed by atoms with E-state index in [1.807, 2.05) is 18.5 Å². The fraction of sp³-hybridized carbons (Fsp3) is 0. The van der Waals surface area contributed by atoms with Crippen LogP contribution in [0.3, 0.4) is 0 Å². The molecule has 0 aliphatic rings. The zero-order chi connectivity index (χ0) is 35.8. The van der Waals surface area contributed by atoms with E-state index in [1.165, 1.54) is 23.9 Å². The summed E-state index contributed by atoms with van der Waals surface area (Å²) in [5, 5.41) is 4.34. The largest absolute Gasteiger partial charge is 0.451 e. The minimum absolute atomic E-state index is 0.744. The standard InChI is InChI=1S/C48H30N4O2/c1-3-9-31(10-4-1)36-21-37(32-11-5-2-6-12-32)23-38(22-36)33-15-18-41-42(24-33)48(44-20-17-35(26-50-44)46-28-54-30-52-46)40-14-8-7-13-39(40)47(41)43-19-16-34(25-49-43)45-27-53-29-51-45/h1-30H. The Bertz CT molecular complexity index is 2830. The van der Waals surface area contributed by atoms with E-state index in [1.54, 1.807) is 12.5 Å². The number of nitrogens with zero attached hydrogens (tertiary/aromatic N) is 4. The van der Waals surface area contributed by atoms with Crippen LogP contribution in [-0.4, -0.2) is 19.9 Å². The topological polar surface area (TPSA) is 77.8 Å². The second kappa shape index (κ2) is 13.3. The van der Waals surface area contributed by atoms with Gasteiger partial charge in [0.2, 0.25) is 0 Å². The highest BCUT2D eigenvalue weighted by Crippen LogP contribution is 2.45. The van der Waals surface area contributed by atoms with E-state index >= 15 is 0 Å². The van der Waals surface area contributed by atoms with E-state index in [9.17, 15) is 0 Å². The molecule has 4 aromatic heterocycles. The van der Waals surface area contributed by atoms with Crippen LogP contribution in [0.15, 0.2) is 192 Å². The first-order chi connectivity index (χ1) is 26.8. The molecule has 0 saturated carbocycles. The second-order valence-corrected chi connectivity index (χ2v) is 13.2. The summed E-state index contributed by atoms with van der Waals surface area (Å²) in [5.74, 6) is 0. The Morgan fingerprint density at radius 3 is 1.20 bits per heavy atom. The lowest BCUT2D eigenvalue weighted by molar-refractivity contribution is 0.558. The molecule has 0 radical (unpaired) electrons. The first kappa shape index (κ1) is 31.3. The molecule has 0 N–H and O–H groups in total. The Kier molecular flexibility index (Phi) is 7.69. The van der Waals surface area contributed by atoms with Gasteiger partial charge in [0.1, 0.15) is 23.9 Å². The molecule has 6 heteroatoms. The lowest BCUT2D eigenvalue weighted by Crippen LogP contribution is -1.95. The summed E-state index contributed by atoms with van der Waals surface area (Å²) in [7, 11) is 0. The molecule has 0 amide bonds. The minimum Gasteiger partial charge on any atom is -0.451 e. The molecule has 0 saturated heterocycles. The molecule has 10 rings (SSSR count). The van der Waals surface area contributed by atoms with Gasteiger partial charge in [-0.15, -0.1) is 0 Å². The molecular formula is C48H30N4O2. The normalized spacial score (nSPS) is 11.3. The van der Waals surface area contributed by atoms with Crippen molar-refractivity contribution < 1.29 is 8.83 Å². The third-order valence-electron chi connectivity index (χ3n) is 10.00. The van der Waals surface area contributed by atoms with Crippen molar-refractivity contribution in [2.75, 3.05) is 0 Å². The van der Waals surface area contributed by atoms with Gasteiger partial charge in [0.25, 0.3) is 0 Å². The van der Waals surface area contributed by atoms with Crippen LogP contribution in [0.4, 0.5) is 0 Å². The number of hydrogen-bond acceptors (Lipinski definition) is 6. The van der Waals surface area contributed by atoms with Crippen LogP contribution in [-0.2, 0) is 0 Å². The Balaban J connectivity index is 1.23. The van der Waals surface area contributed by atoms with Crippen molar-refractivity contribution in [1.29, 1.82) is 0 Å². The second-order valence-electron chi connectivity index (χ2n) is 13.2. The molecule has 0 aliphatic heterocycles. The predicted octanol–water partition coefficient (Wildman–Crippen LogP) is 12.4. The van der Waals surface area contributed by atoms with Crippen molar-refractivity contribution in [3.8, 4) is 78.4 Å². The van der Waals surface area contributed by atoms with Gasteiger partial charge in [0.15, 0.2) is 12.8 Å². The molecule has 0 aliphatic carbocycles. The fourth-order valence-corrected chi connectivity index (χ4v) is 7.40. The summed E-state index contributed by atoms with van der Waals surface area (Å²) in [6.45, 7) is 0. The molecule has 0 spiro atoms. The van der Waals surface area contributed by atoms with Crippen LogP contribution < -0.4 is 0 Å². The van der Waals surface area contributed by atoms with Gasteiger partial charge in [0.05, 0.1) is 11.4 Å². The van der Waals surface area contributed by atoms with Crippen molar-refractivity contribution in [3.05, 3.63) is 183 Å². The molecule has 4 heterocycles. The molecule has 6 nitrogen and oxygen atoms in total. The number of fused-ring (bicyclic) bond motifs is 2. The molecule has 0 atom stereocenters. The highest BCUT2D eigenvalue weighted by molar-refractivity contribution is 6.21. The average molecular weight is 695 g/mol. The van der Waals surface area contributed by atoms with Crippen LogP contribution in [0.5, 0.6) is 0 Å². The quantitative estimate of drug-likeness (QED) is 0.155. The van der Waals surface area contributed by atoms with Gasteiger partial charge >= 0.3 is 0 Å². The molecule has 254 valence electrons. The van der Waals surface area contributed by atoms with Gasteiger partial charge in [-0.1, -0.05) is 97.1 Å². The molecule has 10 aromatic rings. The maximum absolute atomic E-state index is 5.26. The highest BCUT2D eigenvalue weighted by Gasteiger charge is 2.20. The average Bonchev–Trinajstić information content (AvgIpc) is 4.00. The summed E-state index contributed by atoms with van der Waals surface area (Å²) in [5.41, 5.74) is 14.0. The lowest BCUT2D eigenvalue weighted by Gasteiger charge is -2.18. The molecule has 0 unspecified atom stereocenters. The van der Waals surface area contributed by atoms with Gasteiger partial charge in [-0.3, -0.25) is 9.97 Å². The summed E-state index contributed by atoms with van der Waals surface area (Å²) in [4.78, 5) is 18.7. The number of oxazole rings is 2. The maximum Gasteiger partial charge on any atom is 0.181 e. The van der Waals surface area contributed by atoms with Crippen LogP contribution in [0, 0.1) is 0 Å². The first-order valence-corrected chi connectivity index (χ1v) is 17.7. The number of rotatable bonds is 7. The summed E-state index contributed by atoms with van der Waals surface area (Å²) in [6, 6.07) is 51.6. The third-order valence-corrected chi connectivity index (χ3v) is 10.00. The van der Waals surface area contributed by atoms with E-state index in [-0.39, 0.29) is 0 Å². The Labute approximate surface area is 311 Å². The lowest BCUT2D eigenvalue weighted by atomic mass is 9.86. The summed E-state index contributed by atoms with van der Waals surface area (Å²) < 4.78 is 10.5. The van der Waals surface area contributed by atoms with Gasteiger partial charge in [0, 0.05) is 34.6 Å². The zero-order valence-corrected chi connectivity index (χ0v) is 28.9. The summed E-state index contributed by atoms with van der Waals surface area (Å²) in [6.07, 6.45) is 9.87. The fourth-order valence-electron chi connectivity index (χ4n) is 7.40. The van der Waals surface area contributed by atoms with Crippen LogP contribution in [0.1, 0.15) is 0 Å². The Hall–Kier alpha value is -7.44. The van der Waals surface area contributed by atoms with Crippen LogP contribution in [0.25, 0.3) is 100.0 Å². The van der Waals surface area contributed by atoms with Gasteiger partial charge < -0.3 is 8.83 Å². The van der Waals surface area contributed by atoms with Crippen LogP contribution in [0.2, 0.25) is 0 Å². The minimum atomic E-state index is 0.744. The number of pyridine rings is 2. The number of aromatic nitrogens is 4. The van der Waals surface area contributed by atoms with Gasteiger partial charge in [-0.25, -0.2) is 9.97 Å². The predicted molar refractivity (Wildman–Crippen MR) is 215 cm³/mol. The molecule has 0 fully saturated rings. The van der Waals surface area contributed by atoms with Crippen LogP contribution >= 0.6 is 0 Å². The highest BCUT2D eigenvalue weighted by atomic mass is 16.3. The molecular weight excluding hydrogens is 665 g/mol. The number of hydrogen-bond donors (Lipinski definition) is 0. The van der Waals surface area contributed by atoms with Crippen molar-refractivity contribution in [2.45, 2.75) is 0 Å². The number of benzene rings is 6. The monoisotopic (exact) mass is 694 g/mol. The van der Waals surface area contributed by atoms with E-state index < -0.39 is 0 Å². The van der Waals surface area contributed by atoms with Crippen molar-refractivity contribution in [2.24, 2.45) is 0 Å². The van der Waals surface area contributed by atoms with Crippen molar-refractivity contribution in [1.82, 2.24) is 19.9 Å². The molecule has 6 aromatic carbocycles. The SMILES string of the molecule is c1ccc(-c2cc(-c3ccccc3)cc(-c3ccc4c(-c5ccc(-c6cocn6)cn5)c5ccccc5c(-c5ccc(-c6cocn6)cn5)c4c3)c2)cc1. The molecule has 54 heavy (non-hydrogen) atoms. The smallest absolute Gasteiger partial charge is 0.181 e. The van der Waals surface area contributed by atoms with Gasteiger partial charge in [-0.2, -0.15) is 0 Å². The summed E-state index contributed by atoms with van der Waals surface area (Å²) >= 11 is 0. The Morgan fingerprint density at radius 2 is 0.741 bits per heavy atom. The zero-order valence-electron chi connectivity index (χ0n) is 28.9. The third kappa shape index (κ3) is 5.63. The maximum atomic E-state index is 5.26. The van der Waals surface area contributed by atoms with E-state index in [0.29, 0.717) is 0 Å². The van der Waals surface area contributed by atoms with Crippen molar-refractivity contribution in [3.63, 3.8) is 0 Å². The van der Waals surface area contributed by atoms with Crippen molar-refractivity contribution >= 4 is 21.5 Å². The van der Waals surface area contributed by atoms with Gasteiger partial charge in [-0.05, 0) is 103 Å². The van der Waals surface area contributed by atoms with E-state index in [4.69, 9.17) is 18.8 Å². The first-order valence-electron chi connectivity index (χ1n) is 17.7. The Morgan fingerprint density at radius 1 is 0.296 bits per heavy atom. The van der Waals surface area contributed by atoms with E-state index in [2.05, 4.69) is 149 Å².